The average Bonchev–Trinajstić information content (AvgIpc) is 2.72. The van der Waals surface area contributed by atoms with E-state index in [1.54, 1.807) is 19.2 Å². The van der Waals surface area contributed by atoms with Crippen molar-refractivity contribution in [3.8, 4) is 17.2 Å². The van der Waals surface area contributed by atoms with E-state index in [1.807, 2.05) is 43.3 Å². The van der Waals surface area contributed by atoms with Crippen molar-refractivity contribution in [2.75, 3.05) is 45.1 Å². The minimum atomic E-state index is -0.0214. The van der Waals surface area contributed by atoms with Gasteiger partial charge in [0.05, 0.1) is 18.5 Å². The van der Waals surface area contributed by atoms with Crippen molar-refractivity contribution in [2.24, 2.45) is 0 Å². The highest BCUT2D eigenvalue weighted by atomic mass is 16.6. The van der Waals surface area contributed by atoms with Crippen molar-refractivity contribution in [3.05, 3.63) is 47.0 Å². The number of benzene rings is 2. The van der Waals surface area contributed by atoms with E-state index in [-0.39, 0.29) is 5.78 Å². The average molecular weight is 396 g/mol. The molecule has 0 bridgehead atoms. The number of nitrogen functional groups attached to an aromatic ring is 1. The van der Waals surface area contributed by atoms with Gasteiger partial charge in [-0.05, 0) is 36.8 Å². The molecule has 0 spiro atoms. The van der Waals surface area contributed by atoms with Gasteiger partial charge in [0.25, 0.3) is 0 Å². The number of nitrogens with two attached hydrogens (primary N) is 1. The van der Waals surface area contributed by atoms with Gasteiger partial charge in [-0.25, -0.2) is 0 Å². The molecule has 2 N–H and O–H groups in total. The smallest absolute Gasteiger partial charge is 0.189 e. The molecule has 6 heteroatoms. The Morgan fingerprint density at radius 3 is 2.48 bits per heavy atom. The predicted molar refractivity (Wildman–Crippen MR) is 116 cm³/mol. The fourth-order valence-electron chi connectivity index (χ4n) is 3.34. The van der Waals surface area contributed by atoms with E-state index in [1.165, 1.54) is 0 Å². The third-order valence-corrected chi connectivity index (χ3v) is 4.81. The molecule has 0 aliphatic carbocycles. The first-order valence-corrected chi connectivity index (χ1v) is 9.74. The van der Waals surface area contributed by atoms with Crippen molar-refractivity contribution < 1.29 is 19.0 Å². The maximum Gasteiger partial charge on any atom is 0.189 e. The lowest BCUT2D eigenvalue weighted by Crippen LogP contribution is -2.15. The highest BCUT2D eigenvalue weighted by Gasteiger charge is 2.18. The van der Waals surface area contributed by atoms with E-state index in [9.17, 15) is 4.79 Å². The normalized spacial score (nSPS) is 13.2. The molecular formula is C23H28N2O4. The number of carbonyl (C=O) groups excluding carboxylic acids is 1. The Balaban J connectivity index is 2.03. The van der Waals surface area contributed by atoms with Crippen LogP contribution in [0.2, 0.25) is 0 Å². The van der Waals surface area contributed by atoms with Crippen molar-refractivity contribution in [1.82, 2.24) is 0 Å². The second-order valence-corrected chi connectivity index (χ2v) is 7.15. The number of anilines is 2. The fourth-order valence-corrected chi connectivity index (χ4v) is 3.34. The number of hydrogen-bond acceptors (Lipinski definition) is 6. The van der Waals surface area contributed by atoms with Gasteiger partial charge >= 0.3 is 0 Å². The zero-order valence-electron chi connectivity index (χ0n) is 17.5. The molecule has 0 amide bonds. The van der Waals surface area contributed by atoms with E-state index in [4.69, 9.17) is 19.9 Å². The summed E-state index contributed by atoms with van der Waals surface area (Å²) < 4.78 is 16.8. The highest BCUT2D eigenvalue weighted by molar-refractivity contribution is 6.12. The largest absolute Gasteiger partial charge is 0.496 e. The fraction of sp³-hybridized carbons (Fsp3) is 0.348. The van der Waals surface area contributed by atoms with Crippen molar-refractivity contribution in [2.45, 2.75) is 19.8 Å². The van der Waals surface area contributed by atoms with Crippen LogP contribution in [0.25, 0.3) is 6.08 Å². The summed E-state index contributed by atoms with van der Waals surface area (Å²) in [5, 5.41) is 0. The minimum Gasteiger partial charge on any atom is -0.496 e. The van der Waals surface area contributed by atoms with Crippen LogP contribution in [0.15, 0.2) is 35.9 Å². The van der Waals surface area contributed by atoms with Gasteiger partial charge < -0.3 is 24.8 Å². The van der Waals surface area contributed by atoms with E-state index >= 15 is 0 Å². The summed E-state index contributed by atoms with van der Waals surface area (Å²) in [6.07, 6.45) is 3.38. The second kappa shape index (κ2) is 8.90. The highest BCUT2D eigenvalue weighted by Crippen LogP contribution is 2.38. The zero-order valence-corrected chi connectivity index (χ0v) is 17.5. The molecule has 2 aromatic carbocycles. The first-order valence-electron chi connectivity index (χ1n) is 9.74. The van der Waals surface area contributed by atoms with E-state index in [2.05, 4.69) is 6.92 Å². The summed E-state index contributed by atoms with van der Waals surface area (Å²) in [5.41, 5.74) is 9.61. The van der Waals surface area contributed by atoms with Crippen LogP contribution in [0.4, 0.5) is 11.4 Å². The van der Waals surface area contributed by atoms with Gasteiger partial charge in [-0.3, -0.25) is 4.79 Å². The van der Waals surface area contributed by atoms with Gasteiger partial charge in [0.2, 0.25) is 0 Å². The summed E-state index contributed by atoms with van der Waals surface area (Å²) in [7, 11) is 5.42. The lowest BCUT2D eigenvalue weighted by molar-refractivity contribution is 0.103. The Bertz CT molecular complexity index is 935. The molecule has 0 saturated heterocycles. The van der Waals surface area contributed by atoms with Gasteiger partial charge in [-0.15, -0.1) is 0 Å². The Kier molecular flexibility index (Phi) is 6.32. The third-order valence-electron chi connectivity index (χ3n) is 4.81. The number of methoxy groups -OCH3 is 1. The third kappa shape index (κ3) is 4.47. The standard InChI is InChI=1S/C23H28N2O4/c1-5-6-15(23(26)16-7-8-18(24)19(12-16)25(2)3)11-17-13-21-22(14-20(17)27-4)29-10-9-28-21/h7-8,11-14H,5-6,9-10,24H2,1-4H3/b15-11+. The van der Waals surface area contributed by atoms with E-state index in [0.717, 1.165) is 17.7 Å². The number of nitrogens with zero attached hydrogens (tertiary/aromatic N) is 1. The number of hydrogen-bond donors (Lipinski definition) is 1. The van der Waals surface area contributed by atoms with Crippen LogP contribution in [0.5, 0.6) is 17.2 Å². The molecule has 29 heavy (non-hydrogen) atoms. The Morgan fingerprint density at radius 2 is 1.86 bits per heavy atom. The molecule has 0 saturated carbocycles. The molecular weight excluding hydrogens is 368 g/mol. The number of fused-ring (bicyclic) bond motifs is 1. The lowest BCUT2D eigenvalue weighted by atomic mass is 9.96. The van der Waals surface area contributed by atoms with Crippen LogP contribution in [0.3, 0.4) is 0 Å². The second-order valence-electron chi connectivity index (χ2n) is 7.15. The molecule has 0 atom stereocenters. The SMILES string of the molecule is CCC/C(=C\c1cc2c(cc1OC)OCCO2)C(=O)c1ccc(N)c(N(C)C)c1. The van der Waals surface area contributed by atoms with Crippen LogP contribution < -0.4 is 24.8 Å². The summed E-state index contributed by atoms with van der Waals surface area (Å²) >= 11 is 0. The van der Waals surface area contributed by atoms with Crippen molar-refractivity contribution in [1.29, 1.82) is 0 Å². The van der Waals surface area contributed by atoms with Crippen LogP contribution >= 0.6 is 0 Å². The number of Topliss-reactive ketones (excluding diaryl/α,β-unsaturated/α-hetero) is 1. The van der Waals surface area contributed by atoms with Crippen LogP contribution in [0, 0.1) is 0 Å². The summed E-state index contributed by atoms with van der Waals surface area (Å²) in [5.74, 6) is 1.94. The monoisotopic (exact) mass is 396 g/mol. The quantitative estimate of drug-likeness (QED) is 0.430. The Labute approximate surface area is 171 Å². The molecule has 0 radical (unpaired) electrons. The Morgan fingerprint density at radius 1 is 1.17 bits per heavy atom. The van der Waals surface area contributed by atoms with Gasteiger partial charge in [-0.2, -0.15) is 0 Å². The number of allylic oxidation sites excluding steroid dienone is 1. The zero-order chi connectivity index (χ0) is 21.0. The summed E-state index contributed by atoms with van der Waals surface area (Å²) in [6, 6.07) is 9.06. The number of carbonyl (C=O) groups is 1. The first kappa shape index (κ1) is 20.6. The maximum atomic E-state index is 13.3. The minimum absolute atomic E-state index is 0.0214. The molecule has 0 unspecified atom stereocenters. The van der Waals surface area contributed by atoms with Crippen molar-refractivity contribution in [3.63, 3.8) is 0 Å². The lowest BCUT2D eigenvalue weighted by Gasteiger charge is -2.20. The number of ether oxygens (including phenoxy) is 3. The summed E-state index contributed by atoms with van der Waals surface area (Å²) in [4.78, 5) is 15.2. The molecule has 0 fully saturated rings. The van der Waals surface area contributed by atoms with Crippen LogP contribution in [-0.2, 0) is 0 Å². The van der Waals surface area contributed by atoms with E-state index in [0.29, 0.717) is 53.7 Å². The number of rotatable bonds is 7. The molecule has 1 aliphatic rings. The molecule has 3 rings (SSSR count). The molecule has 2 aromatic rings. The number of ketones is 1. The van der Waals surface area contributed by atoms with Gasteiger partial charge in [0.15, 0.2) is 17.3 Å². The van der Waals surface area contributed by atoms with Crippen LogP contribution in [0.1, 0.15) is 35.7 Å². The molecule has 1 aliphatic heterocycles. The topological polar surface area (TPSA) is 74.0 Å². The summed E-state index contributed by atoms with van der Waals surface area (Å²) in [6.45, 7) is 3.06. The first-order chi connectivity index (χ1) is 13.9. The van der Waals surface area contributed by atoms with Crippen LogP contribution in [-0.4, -0.2) is 40.2 Å². The van der Waals surface area contributed by atoms with Gasteiger partial charge in [0.1, 0.15) is 19.0 Å². The van der Waals surface area contributed by atoms with Crippen molar-refractivity contribution >= 4 is 23.2 Å². The molecule has 1 heterocycles. The molecule has 154 valence electrons. The molecule has 6 nitrogen and oxygen atoms in total. The van der Waals surface area contributed by atoms with Gasteiger partial charge in [-0.1, -0.05) is 13.3 Å². The predicted octanol–water partition coefficient (Wildman–Crippen LogP) is 4.18. The van der Waals surface area contributed by atoms with Gasteiger partial charge in [0, 0.05) is 36.9 Å². The Hall–Kier alpha value is -3.15. The molecule has 0 aromatic heterocycles. The maximum absolute atomic E-state index is 13.3. The van der Waals surface area contributed by atoms with E-state index < -0.39 is 0 Å².